The van der Waals surface area contributed by atoms with E-state index in [0.717, 1.165) is 55.9 Å². The maximum Gasteiger partial charge on any atom is 0.227 e. The van der Waals surface area contributed by atoms with E-state index in [2.05, 4.69) is 4.98 Å². The molecule has 1 spiro atoms. The lowest BCUT2D eigenvalue weighted by Crippen LogP contribution is -2.45. The van der Waals surface area contributed by atoms with Crippen LogP contribution in [0.5, 0.6) is 0 Å². The zero-order valence-corrected chi connectivity index (χ0v) is 16.3. The predicted octanol–water partition coefficient (Wildman–Crippen LogP) is 2.77. The van der Waals surface area contributed by atoms with Crippen LogP contribution in [-0.2, 0) is 22.4 Å². The van der Waals surface area contributed by atoms with Gasteiger partial charge in [-0.3, -0.25) is 14.6 Å². The molecule has 2 fully saturated rings. The number of thiophene rings is 1. The summed E-state index contributed by atoms with van der Waals surface area (Å²) < 4.78 is 0. The SMILES string of the molecule is O=C(Cc1cccnc1)N1CCC2(CC1)CCN(C(=O)Cc1cccs1)C2. The van der Waals surface area contributed by atoms with Gasteiger partial charge in [0.25, 0.3) is 0 Å². The Labute approximate surface area is 164 Å². The van der Waals surface area contributed by atoms with Crippen molar-refractivity contribution in [3.8, 4) is 0 Å². The van der Waals surface area contributed by atoms with E-state index >= 15 is 0 Å². The quantitative estimate of drug-likeness (QED) is 0.816. The predicted molar refractivity (Wildman–Crippen MR) is 105 cm³/mol. The van der Waals surface area contributed by atoms with Crippen LogP contribution >= 0.6 is 11.3 Å². The Kier molecular flexibility index (Phi) is 5.25. The van der Waals surface area contributed by atoms with Gasteiger partial charge in [0.2, 0.25) is 11.8 Å². The number of nitrogens with zero attached hydrogens (tertiary/aromatic N) is 3. The number of carbonyl (C=O) groups is 2. The first-order chi connectivity index (χ1) is 13.1. The molecule has 2 aliphatic heterocycles. The molecule has 2 aromatic heterocycles. The van der Waals surface area contributed by atoms with Gasteiger partial charge in [0.1, 0.15) is 0 Å². The summed E-state index contributed by atoms with van der Waals surface area (Å²) in [5, 5.41) is 2.02. The van der Waals surface area contributed by atoms with Gasteiger partial charge >= 0.3 is 0 Å². The normalized spacial score (nSPS) is 18.8. The molecule has 0 aromatic carbocycles. The fraction of sp³-hybridized carbons (Fsp3) is 0.476. The van der Waals surface area contributed by atoms with Crippen molar-refractivity contribution < 1.29 is 9.59 Å². The Morgan fingerprint density at radius 1 is 1.00 bits per heavy atom. The second-order valence-electron chi connectivity index (χ2n) is 7.74. The highest BCUT2D eigenvalue weighted by Crippen LogP contribution is 2.40. The van der Waals surface area contributed by atoms with Crippen molar-refractivity contribution in [1.82, 2.24) is 14.8 Å². The van der Waals surface area contributed by atoms with Crippen molar-refractivity contribution >= 4 is 23.2 Å². The molecule has 6 heteroatoms. The lowest BCUT2D eigenvalue weighted by atomic mass is 9.77. The standard InChI is InChI=1S/C21H25N3O2S/c25-19(13-17-3-1-8-22-15-17)23-9-5-21(6-10-23)7-11-24(16-21)20(26)14-18-4-2-12-27-18/h1-4,8,12,15H,5-7,9-11,13-14,16H2. The minimum absolute atomic E-state index is 0.182. The molecule has 4 rings (SSSR count). The van der Waals surface area contributed by atoms with Gasteiger partial charge in [-0.2, -0.15) is 0 Å². The van der Waals surface area contributed by atoms with E-state index in [-0.39, 0.29) is 17.2 Å². The molecular formula is C21H25N3O2S. The monoisotopic (exact) mass is 383 g/mol. The molecule has 0 aliphatic carbocycles. The van der Waals surface area contributed by atoms with E-state index in [1.165, 1.54) is 0 Å². The molecular weight excluding hydrogens is 358 g/mol. The highest BCUT2D eigenvalue weighted by atomic mass is 32.1. The third kappa shape index (κ3) is 4.21. The topological polar surface area (TPSA) is 53.5 Å². The average Bonchev–Trinajstić information content (AvgIpc) is 3.34. The van der Waals surface area contributed by atoms with Crippen LogP contribution in [0.2, 0.25) is 0 Å². The molecule has 0 radical (unpaired) electrons. The fourth-order valence-electron chi connectivity index (χ4n) is 4.25. The van der Waals surface area contributed by atoms with Crippen LogP contribution in [0.15, 0.2) is 42.0 Å². The minimum atomic E-state index is 0.182. The Balaban J connectivity index is 1.28. The van der Waals surface area contributed by atoms with E-state index in [9.17, 15) is 9.59 Å². The molecule has 0 unspecified atom stereocenters. The zero-order chi connectivity index (χ0) is 18.7. The number of hydrogen-bond donors (Lipinski definition) is 0. The Hall–Kier alpha value is -2.21. The summed E-state index contributed by atoms with van der Waals surface area (Å²) in [6.07, 6.45) is 7.48. The van der Waals surface area contributed by atoms with Gasteiger partial charge in [-0.15, -0.1) is 11.3 Å². The maximum atomic E-state index is 12.6. The van der Waals surface area contributed by atoms with Gasteiger partial charge in [-0.05, 0) is 47.8 Å². The van der Waals surface area contributed by atoms with Crippen molar-refractivity contribution in [2.75, 3.05) is 26.2 Å². The molecule has 0 atom stereocenters. The fourth-order valence-corrected chi connectivity index (χ4v) is 4.95. The van der Waals surface area contributed by atoms with Gasteiger partial charge in [0.05, 0.1) is 12.8 Å². The number of aromatic nitrogens is 1. The van der Waals surface area contributed by atoms with Crippen molar-refractivity contribution in [2.24, 2.45) is 5.41 Å². The van der Waals surface area contributed by atoms with Gasteiger partial charge in [-0.25, -0.2) is 0 Å². The van der Waals surface area contributed by atoms with Gasteiger partial charge in [0, 0.05) is 43.4 Å². The first-order valence-electron chi connectivity index (χ1n) is 9.60. The van der Waals surface area contributed by atoms with E-state index < -0.39 is 0 Å². The number of piperidine rings is 1. The number of likely N-dealkylation sites (tertiary alicyclic amines) is 2. The molecule has 0 N–H and O–H groups in total. The molecule has 2 saturated heterocycles. The van der Waals surface area contributed by atoms with Crippen LogP contribution in [-0.4, -0.2) is 52.8 Å². The first-order valence-corrected chi connectivity index (χ1v) is 10.5. The Bertz CT molecular complexity index is 783. The summed E-state index contributed by atoms with van der Waals surface area (Å²) >= 11 is 1.65. The maximum absolute atomic E-state index is 12.6. The molecule has 0 saturated carbocycles. The van der Waals surface area contributed by atoms with E-state index in [4.69, 9.17) is 0 Å². The van der Waals surface area contributed by atoms with Crippen molar-refractivity contribution in [2.45, 2.75) is 32.1 Å². The summed E-state index contributed by atoms with van der Waals surface area (Å²) in [5.41, 5.74) is 1.17. The van der Waals surface area contributed by atoms with Gasteiger partial charge < -0.3 is 9.80 Å². The molecule has 27 heavy (non-hydrogen) atoms. The van der Waals surface area contributed by atoms with Crippen molar-refractivity contribution in [3.05, 3.63) is 52.5 Å². The van der Waals surface area contributed by atoms with Crippen LogP contribution in [0.1, 0.15) is 29.7 Å². The highest BCUT2D eigenvalue weighted by Gasteiger charge is 2.42. The van der Waals surface area contributed by atoms with E-state index in [0.29, 0.717) is 12.8 Å². The lowest BCUT2D eigenvalue weighted by molar-refractivity contribution is -0.134. The number of hydrogen-bond acceptors (Lipinski definition) is 4. The largest absolute Gasteiger partial charge is 0.342 e. The molecule has 2 aromatic rings. The Morgan fingerprint density at radius 2 is 1.74 bits per heavy atom. The second-order valence-corrected chi connectivity index (χ2v) is 8.77. The van der Waals surface area contributed by atoms with Crippen LogP contribution in [0.3, 0.4) is 0 Å². The first kappa shape index (κ1) is 18.2. The third-order valence-electron chi connectivity index (χ3n) is 5.95. The molecule has 2 aliphatic rings. The highest BCUT2D eigenvalue weighted by molar-refractivity contribution is 7.10. The summed E-state index contributed by atoms with van der Waals surface area (Å²) in [5.74, 6) is 0.422. The molecule has 2 amide bonds. The minimum Gasteiger partial charge on any atom is -0.342 e. The van der Waals surface area contributed by atoms with Crippen molar-refractivity contribution in [3.63, 3.8) is 0 Å². The van der Waals surface area contributed by atoms with Gasteiger partial charge in [0.15, 0.2) is 0 Å². The summed E-state index contributed by atoms with van der Waals surface area (Å²) in [6, 6.07) is 7.84. The van der Waals surface area contributed by atoms with Crippen LogP contribution in [0.4, 0.5) is 0 Å². The smallest absolute Gasteiger partial charge is 0.227 e. The van der Waals surface area contributed by atoms with Crippen molar-refractivity contribution in [1.29, 1.82) is 0 Å². The third-order valence-corrected chi connectivity index (χ3v) is 6.83. The summed E-state index contributed by atoms with van der Waals surface area (Å²) in [7, 11) is 0. The molecule has 4 heterocycles. The average molecular weight is 384 g/mol. The number of amides is 2. The second kappa shape index (κ2) is 7.80. The zero-order valence-electron chi connectivity index (χ0n) is 15.5. The lowest BCUT2D eigenvalue weighted by Gasteiger charge is -2.39. The van der Waals surface area contributed by atoms with Crippen LogP contribution < -0.4 is 0 Å². The number of carbonyl (C=O) groups excluding carboxylic acids is 2. The van der Waals surface area contributed by atoms with Crippen LogP contribution in [0.25, 0.3) is 0 Å². The van der Waals surface area contributed by atoms with Gasteiger partial charge in [-0.1, -0.05) is 12.1 Å². The number of pyridine rings is 1. The van der Waals surface area contributed by atoms with E-state index in [1.54, 1.807) is 23.7 Å². The molecule has 5 nitrogen and oxygen atoms in total. The summed E-state index contributed by atoms with van der Waals surface area (Å²) in [4.78, 5) is 34.4. The summed E-state index contributed by atoms with van der Waals surface area (Å²) in [6.45, 7) is 3.30. The molecule has 0 bridgehead atoms. The number of rotatable bonds is 4. The van der Waals surface area contributed by atoms with Crippen LogP contribution in [0, 0.1) is 5.41 Å². The Morgan fingerprint density at radius 3 is 2.41 bits per heavy atom. The molecule has 142 valence electrons. The van der Waals surface area contributed by atoms with E-state index in [1.807, 2.05) is 39.4 Å².